The van der Waals surface area contributed by atoms with Crippen LogP contribution >= 0.6 is 0 Å². The van der Waals surface area contributed by atoms with Crippen LogP contribution in [-0.4, -0.2) is 26.4 Å². The number of nitrogens with zero attached hydrogens (tertiary/aromatic N) is 3. The number of imidazole rings is 1. The lowest BCUT2D eigenvalue weighted by molar-refractivity contribution is 0.212. The number of H-pyrrole nitrogens is 1. The van der Waals surface area contributed by atoms with E-state index in [-0.39, 0.29) is 5.41 Å². The Hall–Kier alpha value is -1.62. The first-order valence-corrected chi connectivity index (χ1v) is 9.27. The van der Waals surface area contributed by atoms with Crippen LogP contribution in [0.2, 0.25) is 0 Å². The van der Waals surface area contributed by atoms with E-state index in [9.17, 15) is 0 Å². The maximum Gasteiger partial charge on any atom is 0.208 e. The molecule has 0 aromatic carbocycles. The fourth-order valence-corrected chi connectivity index (χ4v) is 3.86. The third-order valence-electron chi connectivity index (χ3n) is 5.28. The van der Waals surface area contributed by atoms with Crippen molar-refractivity contribution in [1.82, 2.24) is 19.9 Å². The molecule has 1 aliphatic heterocycles. The van der Waals surface area contributed by atoms with Gasteiger partial charge in [0.15, 0.2) is 0 Å². The van der Waals surface area contributed by atoms with Crippen LogP contribution in [0.1, 0.15) is 81.4 Å². The van der Waals surface area contributed by atoms with Gasteiger partial charge in [0.2, 0.25) is 5.89 Å². The van der Waals surface area contributed by atoms with Gasteiger partial charge in [0.1, 0.15) is 11.6 Å². The summed E-state index contributed by atoms with van der Waals surface area (Å²) in [5, 5.41) is 0. The van der Waals surface area contributed by atoms with E-state index < -0.39 is 0 Å². The first-order valence-electron chi connectivity index (χ1n) is 9.27. The molecule has 24 heavy (non-hydrogen) atoms. The standard InChI is InChI=1S/C19H28N4O/c1-19(2,3)16-11-20-17(24-16)12-23-10-6-9-15(23)18-21-13-7-4-5-8-14(13)22-18/h11,15H,4-10,12H2,1-3H3,(H,21,22). The SMILES string of the molecule is CC(C)(C)c1cnc(CN2CCCC2c2nc3c([nH]2)CCCC3)o1. The molecule has 5 heteroatoms. The smallest absolute Gasteiger partial charge is 0.208 e. The number of aromatic nitrogens is 3. The summed E-state index contributed by atoms with van der Waals surface area (Å²) in [5.41, 5.74) is 2.68. The molecule has 130 valence electrons. The van der Waals surface area contributed by atoms with Gasteiger partial charge in [-0.3, -0.25) is 4.90 Å². The van der Waals surface area contributed by atoms with Gasteiger partial charge >= 0.3 is 0 Å². The molecule has 0 bridgehead atoms. The molecule has 2 aromatic heterocycles. The summed E-state index contributed by atoms with van der Waals surface area (Å²) >= 11 is 0. The maximum absolute atomic E-state index is 5.99. The second-order valence-electron chi connectivity index (χ2n) is 8.25. The van der Waals surface area contributed by atoms with Crippen LogP contribution in [0, 0.1) is 0 Å². The molecule has 1 atom stereocenters. The van der Waals surface area contributed by atoms with Gasteiger partial charge in [-0.2, -0.15) is 0 Å². The zero-order valence-electron chi connectivity index (χ0n) is 15.1. The van der Waals surface area contributed by atoms with Gasteiger partial charge in [-0.25, -0.2) is 9.97 Å². The molecular formula is C19H28N4O. The predicted molar refractivity (Wildman–Crippen MR) is 92.8 cm³/mol. The van der Waals surface area contributed by atoms with Gasteiger partial charge in [-0.1, -0.05) is 20.8 Å². The fourth-order valence-electron chi connectivity index (χ4n) is 3.86. The summed E-state index contributed by atoms with van der Waals surface area (Å²) in [6, 6.07) is 0.376. The summed E-state index contributed by atoms with van der Waals surface area (Å²) in [6.07, 6.45) is 9.11. The molecule has 0 amide bonds. The van der Waals surface area contributed by atoms with Crippen molar-refractivity contribution in [2.24, 2.45) is 0 Å². The van der Waals surface area contributed by atoms with E-state index in [0.29, 0.717) is 6.04 Å². The number of rotatable bonds is 3. The Morgan fingerprint density at radius 3 is 2.83 bits per heavy atom. The molecule has 4 rings (SSSR count). The highest BCUT2D eigenvalue weighted by atomic mass is 16.4. The van der Waals surface area contributed by atoms with Crippen LogP contribution in [0.3, 0.4) is 0 Å². The van der Waals surface area contributed by atoms with Gasteiger partial charge in [-0.15, -0.1) is 0 Å². The Balaban J connectivity index is 1.50. The van der Waals surface area contributed by atoms with Crippen LogP contribution in [-0.2, 0) is 24.8 Å². The van der Waals surface area contributed by atoms with Crippen LogP contribution in [0.15, 0.2) is 10.6 Å². The van der Waals surface area contributed by atoms with Crippen molar-refractivity contribution in [1.29, 1.82) is 0 Å². The highest BCUT2D eigenvalue weighted by molar-refractivity contribution is 5.19. The number of aromatic amines is 1. The Bertz CT molecular complexity index is 686. The predicted octanol–water partition coefficient (Wildman–Crippen LogP) is 3.91. The molecular weight excluding hydrogens is 300 g/mol. The minimum atomic E-state index is 0.00965. The number of hydrogen-bond donors (Lipinski definition) is 1. The zero-order valence-corrected chi connectivity index (χ0v) is 15.1. The van der Waals surface area contributed by atoms with E-state index in [1.807, 2.05) is 6.20 Å². The summed E-state index contributed by atoms with van der Waals surface area (Å²) in [4.78, 5) is 15.5. The van der Waals surface area contributed by atoms with E-state index in [4.69, 9.17) is 9.40 Å². The first kappa shape index (κ1) is 15.9. The molecule has 1 unspecified atom stereocenters. The Morgan fingerprint density at radius 2 is 2.08 bits per heavy atom. The summed E-state index contributed by atoms with van der Waals surface area (Å²) in [6.45, 7) is 8.32. The average molecular weight is 328 g/mol. The Labute approximate surface area is 143 Å². The molecule has 1 saturated heterocycles. The third kappa shape index (κ3) is 3.02. The van der Waals surface area contributed by atoms with Crippen molar-refractivity contribution >= 4 is 0 Å². The summed E-state index contributed by atoms with van der Waals surface area (Å²) in [7, 11) is 0. The molecule has 1 aliphatic carbocycles. The second-order valence-corrected chi connectivity index (χ2v) is 8.25. The topological polar surface area (TPSA) is 58.0 Å². The van der Waals surface area contributed by atoms with Crippen LogP contribution in [0.25, 0.3) is 0 Å². The van der Waals surface area contributed by atoms with Gasteiger partial charge in [-0.05, 0) is 45.1 Å². The highest BCUT2D eigenvalue weighted by Crippen LogP contribution is 2.33. The lowest BCUT2D eigenvalue weighted by atomic mass is 9.94. The number of fused-ring (bicyclic) bond motifs is 1. The minimum absolute atomic E-state index is 0.00965. The van der Waals surface area contributed by atoms with Crippen molar-refractivity contribution in [3.8, 4) is 0 Å². The average Bonchev–Trinajstić information content (AvgIpc) is 3.25. The number of nitrogens with one attached hydrogen (secondary N) is 1. The van der Waals surface area contributed by atoms with Crippen molar-refractivity contribution in [2.45, 2.75) is 77.3 Å². The van der Waals surface area contributed by atoms with Gasteiger partial charge in [0, 0.05) is 11.1 Å². The molecule has 2 aliphatic rings. The van der Waals surface area contributed by atoms with Gasteiger partial charge in [0.05, 0.1) is 24.5 Å². The molecule has 2 aromatic rings. The van der Waals surface area contributed by atoms with Crippen LogP contribution < -0.4 is 0 Å². The zero-order chi connectivity index (χ0) is 16.7. The molecule has 1 fully saturated rings. The monoisotopic (exact) mass is 328 g/mol. The lowest BCUT2D eigenvalue weighted by Gasteiger charge is -2.21. The molecule has 0 radical (unpaired) electrons. The maximum atomic E-state index is 5.99. The molecule has 0 saturated carbocycles. The summed E-state index contributed by atoms with van der Waals surface area (Å²) in [5.74, 6) is 2.94. The van der Waals surface area contributed by atoms with Gasteiger partial charge in [0.25, 0.3) is 0 Å². The van der Waals surface area contributed by atoms with Crippen LogP contribution in [0.5, 0.6) is 0 Å². The summed E-state index contributed by atoms with van der Waals surface area (Å²) < 4.78 is 5.99. The van der Waals surface area contributed by atoms with Gasteiger partial charge < -0.3 is 9.40 Å². The van der Waals surface area contributed by atoms with E-state index in [1.54, 1.807) is 0 Å². The van der Waals surface area contributed by atoms with E-state index >= 15 is 0 Å². The van der Waals surface area contributed by atoms with E-state index in [0.717, 1.165) is 43.4 Å². The molecule has 1 N–H and O–H groups in total. The highest BCUT2D eigenvalue weighted by Gasteiger charge is 2.31. The van der Waals surface area contributed by atoms with Crippen LogP contribution in [0.4, 0.5) is 0 Å². The number of oxazole rings is 1. The number of hydrogen-bond acceptors (Lipinski definition) is 4. The second kappa shape index (κ2) is 6.03. The minimum Gasteiger partial charge on any atom is -0.444 e. The normalized spacial score (nSPS) is 22.0. The van der Waals surface area contributed by atoms with E-state index in [2.05, 4.69) is 35.6 Å². The number of likely N-dealkylation sites (tertiary alicyclic amines) is 1. The Kier molecular flexibility index (Phi) is 3.99. The lowest BCUT2D eigenvalue weighted by Crippen LogP contribution is -2.23. The Morgan fingerprint density at radius 1 is 1.25 bits per heavy atom. The number of aryl methyl sites for hydroxylation is 2. The first-order chi connectivity index (χ1) is 11.5. The van der Waals surface area contributed by atoms with Crippen molar-refractivity contribution in [3.05, 3.63) is 35.1 Å². The largest absolute Gasteiger partial charge is 0.444 e. The molecule has 5 nitrogen and oxygen atoms in total. The van der Waals surface area contributed by atoms with Crippen molar-refractivity contribution in [2.75, 3.05) is 6.54 Å². The van der Waals surface area contributed by atoms with E-state index in [1.165, 1.54) is 37.1 Å². The fraction of sp³-hybridized carbons (Fsp3) is 0.684. The molecule has 3 heterocycles. The van der Waals surface area contributed by atoms with Crippen molar-refractivity contribution < 1.29 is 4.42 Å². The van der Waals surface area contributed by atoms with Crippen molar-refractivity contribution in [3.63, 3.8) is 0 Å². The molecule has 0 spiro atoms. The quantitative estimate of drug-likeness (QED) is 0.928. The third-order valence-corrected chi connectivity index (χ3v) is 5.28.